The van der Waals surface area contributed by atoms with E-state index in [1.165, 1.54) is 14.2 Å². The van der Waals surface area contributed by atoms with Crippen LogP contribution in [-0.2, 0) is 42.8 Å². The van der Waals surface area contributed by atoms with Crippen LogP contribution in [0.5, 0.6) is 0 Å². The summed E-state index contributed by atoms with van der Waals surface area (Å²) in [6.45, 7) is 10.9. The Morgan fingerprint density at radius 2 is 1.57 bits per heavy atom. The fourth-order valence-corrected chi connectivity index (χ4v) is 9.69. The number of rotatable bonds is 26. The van der Waals surface area contributed by atoms with Gasteiger partial charge >= 0.3 is 5.97 Å². The van der Waals surface area contributed by atoms with E-state index in [1.807, 2.05) is 49.6 Å². The van der Waals surface area contributed by atoms with Crippen molar-refractivity contribution < 1.29 is 52.7 Å². The standard InChI is InChI=1S/C61H84N4O11/c1-42(29-19-14-15-28-40-65(6)60(62)64-57(69)47-34-24-17-25-35-47)30-20-16-21-31-43(2)41-46(5)52(73-59-55-53(51(67)54(74-59)58(70)72-8)75-61(76-55)38-26-18-27-39-61)44(3)32-22-12-10-9-11-13-23-33-45(4)56(68)63-50-48(66)36-37-49(50)71-7/h9-14,17,19-20,22-25,30,32-35,41-44,51-55,59,67H,15-16,18,21,26-29,31,36-40H2,1-8H3,(H,63,68)(H2,62,64,69)/b11-9+,12-10+,19-14+,23-13+,30-20+,32-22+,45-33+,46-41+. The molecule has 1 aromatic rings. The van der Waals surface area contributed by atoms with Gasteiger partial charge in [-0.2, -0.15) is 4.99 Å². The van der Waals surface area contributed by atoms with E-state index in [4.69, 9.17) is 34.2 Å². The van der Waals surface area contributed by atoms with Gasteiger partial charge in [-0.15, -0.1) is 0 Å². The largest absolute Gasteiger partial charge is 0.499 e. The lowest BCUT2D eigenvalue weighted by Gasteiger charge is -2.40. The molecule has 2 saturated heterocycles. The van der Waals surface area contributed by atoms with Gasteiger partial charge in [0.1, 0.15) is 29.8 Å². The zero-order valence-electron chi connectivity index (χ0n) is 46.1. The summed E-state index contributed by atoms with van der Waals surface area (Å²) in [5.74, 6) is -1.21. The van der Waals surface area contributed by atoms with E-state index >= 15 is 0 Å². The lowest BCUT2D eigenvalue weighted by atomic mass is 9.92. The third-order valence-corrected chi connectivity index (χ3v) is 14.1. The zero-order valence-corrected chi connectivity index (χ0v) is 46.1. The van der Waals surface area contributed by atoms with Gasteiger partial charge in [0, 0.05) is 56.3 Å². The van der Waals surface area contributed by atoms with E-state index < -0.39 is 48.6 Å². The van der Waals surface area contributed by atoms with Gasteiger partial charge in [-0.25, -0.2) is 4.79 Å². The van der Waals surface area contributed by atoms with Crippen molar-refractivity contribution in [3.05, 3.63) is 144 Å². The molecule has 1 aromatic carbocycles. The molecular formula is C61H84N4O11. The Kier molecular flexibility index (Phi) is 25.1. The molecule has 9 atom stereocenters. The number of unbranched alkanes of at least 4 members (excludes halogenated alkanes) is 2. The number of carbonyl (C=O) groups excluding carboxylic acids is 4. The van der Waals surface area contributed by atoms with E-state index in [9.17, 15) is 24.3 Å². The molecule has 15 nitrogen and oxygen atoms in total. The Morgan fingerprint density at radius 3 is 2.28 bits per heavy atom. The van der Waals surface area contributed by atoms with E-state index in [2.05, 4.69) is 74.5 Å². The van der Waals surface area contributed by atoms with Crippen molar-refractivity contribution in [2.75, 3.05) is 27.8 Å². The number of aliphatic imine (C=N–C) groups is 1. The molecule has 15 heteroatoms. The molecule has 0 bridgehead atoms. The number of ketones is 1. The number of aliphatic hydroxyl groups is 1. The van der Waals surface area contributed by atoms with Gasteiger partial charge in [-0.05, 0) is 94.8 Å². The second-order valence-electron chi connectivity index (χ2n) is 20.4. The first-order chi connectivity index (χ1) is 36.6. The van der Waals surface area contributed by atoms with Gasteiger partial charge in [0.05, 0.1) is 20.3 Å². The monoisotopic (exact) mass is 1050 g/mol. The number of allylic oxidation sites excluding steroid dienone is 15. The minimum atomic E-state index is -1.31. The number of aliphatic hydroxyl groups excluding tert-OH is 1. The molecule has 2 heterocycles. The lowest BCUT2D eigenvalue weighted by Crippen LogP contribution is -2.60. The minimum Gasteiger partial charge on any atom is -0.499 e. The molecule has 9 unspecified atom stereocenters. The van der Waals surface area contributed by atoms with Gasteiger partial charge in [0.15, 0.2) is 29.9 Å². The van der Waals surface area contributed by atoms with Crippen LogP contribution >= 0.6 is 0 Å². The summed E-state index contributed by atoms with van der Waals surface area (Å²) in [5.41, 5.74) is 8.28. The Bertz CT molecular complexity index is 2390. The van der Waals surface area contributed by atoms with Gasteiger partial charge < -0.3 is 49.5 Å². The number of hydrogen-bond donors (Lipinski definition) is 3. The normalized spacial score (nSPS) is 24.1. The highest BCUT2D eigenvalue weighted by atomic mass is 16.8. The minimum absolute atomic E-state index is 0.134. The van der Waals surface area contributed by atoms with Crippen LogP contribution in [-0.4, -0.2) is 110 Å². The Balaban J connectivity index is 1.16. The summed E-state index contributed by atoms with van der Waals surface area (Å²) < 4.78 is 36.6. The number of hydrogen-bond acceptors (Lipinski definition) is 11. The smallest absolute Gasteiger partial charge is 0.337 e. The Morgan fingerprint density at radius 1 is 0.882 bits per heavy atom. The summed E-state index contributed by atoms with van der Waals surface area (Å²) >= 11 is 0. The third kappa shape index (κ3) is 18.6. The van der Waals surface area contributed by atoms with Crippen molar-refractivity contribution >= 4 is 29.5 Å². The average molecular weight is 1050 g/mol. The van der Waals surface area contributed by atoms with Crippen molar-refractivity contribution in [3.63, 3.8) is 0 Å². The van der Waals surface area contributed by atoms with Gasteiger partial charge in [0.2, 0.25) is 0 Å². The molecule has 2 amide bonds. The summed E-state index contributed by atoms with van der Waals surface area (Å²) in [6, 6.07) is 8.91. The number of Topliss-reactive ketones (excluding diaryl/α,β-unsaturated/α-hetero) is 1. The fourth-order valence-electron chi connectivity index (χ4n) is 9.69. The van der Waals surface area contributed by atoms with E-state index in [-0.39, 0.29) is 41.1 Å². The number of ether oxygens (including phenoxy) is 6. The zero-order chi connectivity index (χ0) is 55.0. The molecule has 2 aliphatic carbocycles. The molecule has 4 aliphatic rings. The number of esters is 1. The maximum Gasteiger partial charge on any atom is 0.337 e. The maximum absolute atomic E-state index is 13.0. The molecule has 3 fully saturated rings. The Labute approximate surface area is 451 Å². The second-order valence-corrected chi connectivity index (χ2v) is 20.4. The molecule has 0 radical (unpaired) electrons. The number of fused-ring (bicyclic) bond motifs is 1. The summed E-state index contributed by atoms with van der Waals surface area (Å²) in [6.07, 6.45) is 33.1. The van der Waals surface area contributed by atoms with Crippen LogP contribution in [0.15, 0.2) is 143 Å². The number of nitrogens with two attached hydrogens (primary N) is 1. The molecule has 414 valence electrons. The number of carbonyl (C=O) groups is 4. The van der Waals surface area contributed by atoms with E-state index in [0.29, 0.717) is 55.0 Å². The average Bonchev–Trinajstić information content (AvgIpc) is 4.00. The molecule has 4 N–H and O–H groups in total. The highest BCUT2D eigenvalue weighted by Crippen LogP contribution is 2.46. The number of nitrogens with one attached hydrogen (secondary N) is 1. The number of methoxy groups -OCH3 is 2. The van der Waals surface area contributed by atoms with Gasteiger partial charge in [0.25, 0.3) is 11.8 Å². The van der Waals surface area contributed by atoms with Crippen LogP contribution in [0, 0.1) is 17.8 Å². The number of nitrogens with zero attached hydrogens (tertiary/aromatic N) is 2. The van der Waals surface area contributed by atoms with Crippen molar-refractivity contribution in [1.82, 2.24) is 10.2 Å². The van der Waals surface area contributed by atoms with Crippen LogP contribution in [0.25, 0.3) is 0 Å². The van der Waals surface area contributed by atoms with Gasteiger partial charge in [-0.1, -0.05) is 130 Å². The molecular weight excluding hydrogens is 965 g/mol. The van der Waals surface area contributed by atoms with Crippen molar-refractivity contribution in [1.29, 1.82) is 0 Å². The summed E-state index contributed by atoms with van der Waals surface area (Å²) in [5, 5.41) is 14.1. The lowest BCUT2D eigenvalue weighted by molar-refractivity contribution is -0.286. The highest BCUT2D eigenvalue weighted by Gasteiger charge is 2.60. The number of amides is 2. The topological polar surface area (TPSA) is 198 Å². The number of benzene rings is 1. The molecule has 1 saturated carbocycles. The third-order valence-electron chi connectivity index (χ3n) is 14.1. The quantitative estimate of drug-likeness (QED) is 0.0151. The van der Waals surface area contributed by atoms with Crippen molar-refractivity contribution in [3.8, 4) is 0 Å². The van der Waals surface area contributed by atoms with Crippen molar-refractivity contribution in [2.45, 2.75) is 161 Å². The van der Waals surface area contributed by atoms with Crippen LogP contribution in [0.3, 0.4) is 0 Å². The van der Waals surface area contributed by atoms with Crippen LogP contribution < -0.4 is 11.1 Å². The second kappa shape index (κ2) is 31.3. The first kappa shape index (κ1) is 60.9. The predicted octanol–water partition coefficient (Wildman–Crippen LogP) is 9.98. The first-order valence-corrected chi connectivity index (χ1v) is 27.1. The van der Waals surface area contributed by atoms with E-state index in [1.54, 1.807) is 48.2 Å². The predicted molar refractivity (Wildman–Crippen MR) is 296 cm³/mol. The van der Waals surface area contributed by atoms with Crippen molar-refractivity contribution in [2.24, 2.45) is 28.5 Å². The maximum atomic E-state index is 13.0. The SMILES string of the molecule is COC(=O)C1OC(OC(/C(C)=C/C(C)CCC/C=C/C(C)C/C=C/CCCN(C)C(N)=NC(=O)c2ccccc2)C(C)/C=C/C=C/C=C/C=C/C=C(\C)C(=O)NC2=C(OC)CCC2=O)C2OC3(CCCCC3)OC2C1O. The van der Waals surface area contributed by atoms with Crippen LogP contribution in [0.4, 0.5) is 0 Å². The molecule has 1 spiro atoms. The molecule has 0 aromatic heterocycles. The molecule has 5 rings (SSSR count). The summed E-state index contributed by atoms with van der Waals surface area (Å²) in [7, 11) is 4.61. The molecule has 76 heavy (non-hydrogen) atoms. The number of guanidine groups is 1. The van der Waals surface area contributed by atoms with Crippen LogP contribution in [0.2, 0.25) is 0 Å². The highest BCUT2D eigenvalue weighted by molar-refractivity contribution is 6.05. The van der Waals surface area contributed by atoms with Gasteiger partial charge in [-0.3, -0.25) is 14.4 Å². The van der Waals surface area contributed by atoms with E-state index in [0.717, 1.165) is 63.4 Å². The summed E-state index contributed by atoms with van der Waals surface area (Å²) in [4.78, 5) is 56.0. The Hall–Kier alpha value is -5.97. The van der Waals surface area contributed by atoms with Crippen LogP contribution in [0.1, 0.15) is 128 Å². The first-order valence-electron chi connectivity index (χ1n) is 27.1. The molecule has 2 aliphatic heterocycles. The fraction of sp³-hybridized carbons (Fsp3) is 0.525.